The number of aromatic nitrogens is 3. The number of hydrogen-bond donors (Lipinski definition) is 1. The third-order valence-corrected chi connectivity index (χ3v) is 3.52. The van der Waals surface area contributed by atoms with Crippen LogP contribution < -0.4 is 0 Å². The van der Waals surface area contributed by atoms with Crippen molar-refractivity contribution in [1.29, 1.82) is 0 Å². The highest BCUT2D eigenvalue weighted by Crippen LogP contribution is 2.22. The summed E-state index contributed by atoms with van der Waals surface area (Å²) in [5.41, 5.74) is 5.70. The van der Waals surface area contributed by atoms with E-state index in [1.54, 1.807) is 0 Å². The minimum atomic E-state index is 1.04. The van der Waals surface area contributed by atoms with Gasteiger partial charge in [0.25, 0.3) is 0 Å². The van der Waals surface area contributed by atoms with Crippen molar-refractivity contribution in [1.82, 2.24) is 14.5 Å². The second-order valence-corrected chi connectivity index (χ2v) is 4.86. The molecule has 2 heterocycles. The number of imidazole rings is 1. The van der Waals surface area contributed by atoms with E-state index in [0.29, 0.717) is 0 Å². The van der Waals surface area contributed by atoms with Crippen LogP contribution in [0.15, 0.2) is 55.0 Å². The number of aryl methyl sites for hydroxylation is 1. The second-order valence-electron chi connectivity index (χ2n) is 4.86. The predicted octanol–water partition coefficient (Wildman–Crippen LogP) is 3.82. The molecule has 0 unspecified atom stereocenters. The normalized spacial score (nSPS) is 11.4. The lowest BCUT2D eigenvalue weighted by Gasteiger charge is -2.04. The summed E-state index contributed by atoms with van der Waals surface area (Å²) >= 11 is 0. The fourth-order valence-corrected chi connectivity index (χ4v) is 2.52. The molecule has 0 atom stereocenters. The fraction of sp³-hybridized carbons (Fsp3) is 0.0625. The lowest BCUT2D eigenvalue weighted by Crippen LogP contribution is -1.91. The van der Waals surface area contributed by atoms with E-state index in [-0.39, 0.29) is 0 Å². The van der Waals surface area contributed by atoms with E-state index in [2.05, 4.69) is 63.9 Å². The molecule has 0 radical (unpaired) electrons. The monoisotopic (exact) mass is 247 g/mol. The van der Waals surface area contributed by atoms with Crippen molar-refractivity contribution < 1.29 is 0 Å². The van der Waals surface area contributed by atoms with Crippen LogP contribution in [0.1, 0.15) is 5.56 Å². The van der Waals surface area contributed by atoms with E-state index >= 15 is 0 Å². The Balaban J connectivity index is 1.97. The zero-order valence-electron chi connectivity index (χ0n) is 10.6. The van der Waals surface area contributed by atoms with Gasteiger partial charge in [-0.3, -0.25) is 4.57 Å². The second kappa shape index (κ2) is 3.72. The molecule has 0 aliphatic carbocycles. The summed E-state index contributed by atoms with van der Waals surface area (Å²) in [6.07, 6.45) is 3.85. The van der Waals surface area contributed by atoms with Crippen molar-refractivity contribution >= 4 is 21.9 Å². The molecule has 1 N–H and O–H groups in total. The van der Waals surface area contributed by atoms with Crippen molar-refractivity contribution in [3.8, 4) is 5.69 Å². The highest BCUT2D eigenvalue weighted by atomic mass is 15.0. The van der Waals surface area contributed by atoms with E-state index in [0.717, 1.165) is 22.2 Å². The highest BCUT2D eigenvalue weighted by molar-refractivity contribution is 5.83. The van der Waals surface area contributed by atoms with Crippen molar-refractivity contribution in [2.45, 2.75) is 6.92 Å². The molecule has 2 aromatic heterocycles. The van der Waals surface area contributed by atoms with Crippen LogP contribution in [0.4, 0.5) is 0 Å². The molecule has 0 fully saturated rings. The first-order valence-electron chi connectivity index (χ1n) is 6.32. The number of nitrogens with one attached hydrogen (secondary N) is 1. The van der Waals surface area contributed by atoms with Gasteiger partial charge >= 0.3 is 0 Å². The highest BCUT2D eigenvalue weighted by Gasteiger charge is 2.05. The largest absolute Gasteiger partial charge is 0.361 e. The molecule has 2 aromatic carbocycles. The third kappa shape index (κ3) is 1.55. The maximum Gasteiger partial charge on any atom is 0.100 e. The van der Waals surface area contributed by atoms with E-state index in [1.807, 2.05) is 12.5 Å². The first kappa shape index (κ1) is 10.4. The molecule has 3 heteroatoms. The summed E-state index contributed by atoms with van der Waals surface area (Å²) in [5.74, 6) is 0. The predicted molar refractivity (Wildman–Crippen MR) is 77.7 cm³/mol. The SMILES string of the molecule is Cc1ccc2c(c1)ncn2-c1ccc2[nH]ccc2c1. The van der Waals surface area contributed by atoms with Gasteiger partial charge in [0.1, 0.15) is 6.33 Å². The minimum absolute atomic E-state index is 1.04. The molecule has 0 aliphatic rings. The number of benzene rings is 2. The first-order valence-corrected chi connectivity index (χ1v) is 6.32. The Bertz CT molecular complexity index is 883. The molecule has 0 bridgehead atoms. The molecule has 4 aromatic rings. The van der Waals surface area contributed by atoms with Crippen LogP contribution in [0.25, 0.3) is 27.6 Å². The van der Waals surface area contributed by atoms with Gasteiger partial charge < -0.3 is 4.98 Å². The molecule has 0 saturated carbocycles. The van der Waals surface area contributed by atoms with Crippen molar-refractivity contribution in [2.24, 2.45) is 0 Å². The van der Waals surface area contributed by atoms with Crippen LogP contribution in [-0.2, 0) is 0 Å². The Morgan fingerprint density at radius 1 is 1.05 bits per heavy atom. The Kier molecular flexibility index (Phi) is 2.03. The molecule has 0 spiro atoms. The molecule has 0 amide bonds. The zero-order chi connectivity index (χ0) is 12.8. The smallest absolute Gasteiger partial charge is 0.100 e. The standard InChI is InChI=1S/C16H13N3/c1-11-2-5-16-15(8-11)18-10-19(16)13-3-4-14-12(9-13)6-7-17-14/h2-10,17H,1H3. The van der Waals surface area contributed by atoms with E-state index in [9.17, 15) is 0 Å². The van der Waals surface area contributed by atoms with Crippen LogP contribution in [-0.4, -0.2) is 14.5 Å². The van der Waals surface area contributed by atoms with Crippen LogP contribution >= 0.6 is 0 Å². The first-order chi connectivity index (χ1) is 9.31. The molecule has 92 valence electrons. The van der Waals surface area contributed by atoms with Gasteiger partial charge in [-0.05, 0) is 48.9 Å². The van der Waals surface area contributed by atoms with Gasteiger partial charge in [0.05, 0.1) is 11.0 Å². The third-order valence-electron chi connectivity index (χ3n) is 3.52. The lowest BCUT2D eigenvalue weighted by molar-refractivity contribution is 1.10. The van der Waals surface area contributed by atoms with E-state index in [1.165, 1.54) is 10.9 Å². The molecule has 4 rings (SSSR count). The Labute approximate surface area is 110 Å². The zero-order valence-corrected chi connectivity index (χ0v) is 10.6. The number of rotatable bonds is 1. The van der Waals surface area contributed by atoms with Gasteiger partial charge in [0, 0.05) is 22.8 Å². The van der Waals surface area contributed by atoms with Crippen molar-refractivity contribution in [2.75, 3.05) is 0 Å². The molecule has 3 nitrogen and oxygen atoms in total. The van der Waals surface area contributed by atoms with Gasteiger partial charge in [0.2, 0.25) is 0 Å². The minimum Gasteiger partial charge on any atom is -0.361 e. The number of hydrogen-bond acceptors (Lipinski definition) is 1. The average Bonchev–Trinajstić information content (AvgIpc) is 3.02. The Hall–Kier alpha value is -2.55. The maximum absolute atomic E-state index is 4.48. The van der Waals surface area contributed by atoms with Gasteiger partial charge in [0.15, 0.2) is 0 Å². The van der Waals surface area contributed by atoms with Crippen LogP contribution in [0.2, 0.25) is 0 Å². The van der Waals surface area contributed by atoms with Crippen LogP contribution in [0, 0.1) is 6.92 Å². The number of H-pyrrole nitrogens is 1. The quantitative estimate of drug-likeness (QED) is 0.545. The summed E-state index contributed by atoms with van der Waals surface area (Å²) in [4.78, 5) is 7.69. The molecular weight excluding hydrogens is 234 g/mol. The number of aromatic amines is 1. The van der Waals surface area contributed by atoms with Crippen molar-refractivity contribution in [3.05, 3.63) is 60.6 Å². The topological polar surface area (TPSA) is 33.6 Å². The molecule has 0 saturated heterocycles. The van der Waals surface area contributed by atoms with Crippen molar-refractivity contribution in [3.63, 3.8) is 0 Å². The number of fused-ring (bicyclic) bond motifs is 2. The average molecular weight is 247 g/mol. The van der Waals surface area contributed by atoms with Crippen LogP contribution in [0.5, 0.6) is 0 Å². The Morgan fingerprint density at radius 3 is 2.95 bits per heavy atom. The number of nitrogens with zero attached hydrogens (tertiary/aromatic N) is 2. The van der Waals surface area contributed by atoms with Gasteiger partial charge in [-0.25, -0.2) is 4.98 Å². The molecule has 19 heavy (non-hydrogen) atoms. The van der Waals surface area contributed by atoms with Crippen LogP contribution in [0.3, 0.4) is 0 Å². The fourth-order valence-electron chi connectivity index (χ4n) is 2.52. The molecular formula is C16H13N3. The lowest BCUT2D eigenvalue weighted by atomic mass is 10.2. The summed E-state index contributed by atoms with van der Waals surface area (Å²) < 4.78 is 2.13. The molecule has 0 aliphatic heterocycles. The van der Waals surface area contributed by atoms with Gasteiger partial charge in [-0.2, -0.15) is 0 Å². The summed E-state index contributed by atoms with van der Waals surface area (Å²) in [7, 11) is 0. The van der Waals surface area contributed by atoms with Gasteiger partial charge in [-0.15, -0.1) is 0 Å². The van der Waals surface area contributed by atoms with E-state index < -0.39 is 0 Å². The summed E-state index contributed by atoms with van der Waals surface area (Å²) in [5, 5.41) is 1.21. The summed E-state index contributed by atoms with van der Waals surface area (Å²) in [6, 6.07) is 14.8. The van der Waals surface area contributed by atoms with E-state index in [4.69, 9.17) is 0 Å². The maximum atomic E-state index is 4.48. The van der Waals surface area contributed by atoms with Gasteiger partial charge in [-0.1, -0.05) is 6.07 Å². The Morgan fingerprint density at radius 2 is 2.00 bits per heavy atom. The summed E-state index contributed by atoms with van der Waals surface area (Å²) in [6.45, 7) is 2.09.